The van der Waals surface area contributed by atoms with Crippen LogP contribution in [-0.4, -0.2) is 39.4 Å². The zero-order valence-electron chi connectivity index (χ0n) is 10.6. The van der Waals surface area contributed by atoms with Crippen molar-refractivity contribution in [2.45, 2.75) is 38.3 Å². The molecule has 0 aliphatic heterocycles. The van der Waals surface area contributed by atoms with Crippen LogP contribution < -0.4 is 10.6 Å². The standard InChI is InChI=1S/C9H10ClF6N5/c1-3(8(11,12)13)17-6-19-5(10)20-7(21-6)18-4(2)9(14,15)16/h3-4H,1-2H3,(H2,17,18,19,20,21)/t3-,4-/m1/s1. The van der Waals surface area contributed by atoms with Crippen LogP contribution >= 0.6 is 11.6 Å². The number of aromatic nitrogens is 3. The monoisotopic (exact) mass is 337 g/mol. The second kappa shape index (κ2) is 6.08. The van der Waals surface area contributed by atoms with E-state index < -0.39 is 41.6 Å². The number of hydrogen-bond acceptors (Lipinski definition) is 5. The van der Waals surface area contributed by atoms with Gasteiger partial charge in [0.1, 0.15) is 12.1 Å². The van der Waals surface area contributed by atoms with Gasteiger partial charge in [-0.15, -0.1) is 0 Å². The molecular formula is C9H10ClF6N5. The quantitative estimate of drug-likeness (QED) is 0.826. The van der Waals surface area contributed by atoms with Gasteiger partial charge < -0.3 is 10.6 Å². The Morgan fingerprint density at radius 1 is 0.810 bits per heavy atom. The molecule has 12 heteroatoms. The molecule has 0 bridgehead atoms. The van der Waals surface area contributed by atoms with E-state index in [0.717, 1.165) is 13.8 Å². The molecule has 0 unspecified atom stereocenters. The number of hydrogen-bond donors (Lipinski definition) is 2. The highest BCUT2D eigenvalue weighted by Crippen LogP contribution is 2.24. The molecule has 0 amide bonds. The lowest BCUT2D eigenvalue weighted by atomic mass is 10.3. The van der Waals surface area contributed by atoms with Gasteiger partial charge in [0.05, 0.1) is 0 Å². The van der Waals surface area contributed by atoms with Crippen molar-refractivity contribution in [2.24, 2.45) is 0 Å². The maximum Gasteiger partial charge on any atom is 0.408 e. The van der Waals surface area contributed by atoms with Crippen LogP contribution in [0.25, 0.3) is 0 Å². The molecule has 5 nitrogen and oxygen atoms in total. The minimum atomic E-state index is -4.58. The maximum absolute atomic E-state index is 12.4. The van der Waals surface area contributed by atoms with Crippen molar-refractivity contribution in [3.63, 3.8) is 0 Å². The summed E-state index contributed by atoms with van der Waals surface area (Å²) in [5.74, 6) is -1.17. The van der Waals surface area contributed by atoms with Crippen molar-refractivity contribution in [3.8, 4) is 0 Å². The molecule has 0 fully saturated rings. The first-order valence-corrected chi connectivity index (χ1v) is 5.85. The van der Waals surface area contributed by atoms with Crippen molar-refractivity contribution in [3.05, 3.63) is 5.28 Å². The zero-order chi connectivity index (χ0) is 16.4. The Bertz CT molecular complexity index is 450. The van der Waals surface area contributed by atoms with Crippen LogP contribution in [-0.2, 0) is 0 Å². The van der Waals surface area contributed by atoms with Crippen molar-refractivity contribution >= 4 is 23.5 Å². The predicted molar refractivity (Wildman–Crippen MR) is 63.1 cm³/mol. The first-order valence-electron chi connectivity index (χ1n) is 5.47. The minimum Gasteiger partial charge on any atom is -0.343 e. The van der Waals surface area contributed by atoms with Gasteiger partial charge in [0, 0.05) is 0 Å². The normalized spacial score (nSPS) is 15.5. The zero-order valence-corrected chi connectivity index (χ0v) is 11.4. The van der Waals surface area contributed by atoms with Gasteiger partial charge in [-0.2, -0.15) is 41.3 Å². The minimum absolute atomic E-state index is 0.543. The summed E-state index contributed by atoms with van der Waals surface area (Å²) in [6.07, 6.45) is -9.15. The maximum atomic E-state index is 12.4. The van der Waals surface area contributed by atoms with Crippen molar-refractivity contribution in [1.82, 2.24) is 15.0 Å². The van der Waals surface area contributed by atoms with Crippen LogP contribution in [0.4, 0.5) is 38.2 Å². The molecule has 0 saturated carbocycles. The van der Waals surface area contributed by atoms with Crippen molar-refractivity contribution in [1.29, 1.82) is 0 Å². The fourth-order valence-corrected chi connectivity index (χ4v) is 1.19. The second-order valence-corrected chi connectivity index (χ2v) is 4.40. The molecule has 2 atom stereocenters. The van der Waals surface area contributed by atoms with E-state index >= 15 is 0 Å². The molecule has 1 rings (SSSR count). The van der Waals surface area contributed by atoms with Gasteiger partial charge in [0.25, 0.3) is 0 Å². The molecule has 0 spiro atoms. The number of anilines is 2. The van der Waals surface area contributed by atoms with Gasteiger partial charge >= 0.3 is 12.4 Å². The fourth-order valence-electron chi connectivity index (χ4n) is 1.03. The number of nitrogens with one attached hydrogen (secondary N) is 2. The highest BCUT2D eigenvalue weighted by Gasteiger charge is 2.38. The van der Waals surface area contributed by atoms with Crippen molar-refractivity contribution < 1.29 is 26.3 Å². The Hall–Kier alpha value is -1.52. The largest absolute Gasteiger partial charge is 0.408 e. The van der Waals surface area contributed by atoms with Crippen molar-refractivity contribution in [2.75, 3.05) is 10.6 Å². The number of halogens is 7. The molecule has 2 N–H and O–H groups in total. The van der Waals surface area contributed by atoms with E-state index in [-0.39, 0.29) is 0 Å². The molecule has 0 saturated heterocycles. The summed E-state index contributed by atoms with van der Waals surface area (Å²) >= 11 is 5.44. The molecule has 1 heterocycles. The average molecular weight is 338 g/mol. The molecule has 1 aromatic heterocycles. The summed E-state index contributed by atoms with van der Waals surface area (Å²) in [4.78, 5) is 10.1. The van der Waals surface area contributed by atoms with Crippen LogP contribution in [0.1, 0.15) is 13.8 Å². The molecule has 0 aliphatic carbocycles. The van der Waals surface area contributed by atoms with Gasteiger partial charge in [-0.25, -0.2) is 0 Å². The fraction of sp³-hybridized carbons (Fsp3) is 0.667. The first-order chi connectivity index (χ1) is 9.39. The number of alkyl halides is 6. The molecule has 0 aliphatic rings. The Kier molecular flexibility index (Phi) is 5.07. The third-order valence-corrected chi connectivity index (χ3v) is 2.45. The number of rotatable bonds is 4. The Morgan fingerprint density at radius 2 is 1.14 bits per heavy atom. The van der Waals surface area contributed by atoms with Gasteiger partial charge in [-0.05, 0) is 25.4 Å². The van der Waals surface area contributed by atoms with E-state index in [4.69, 9.17) is 11.6 Å². The summed E-state index contributed by atoms with van der Waals surface area (Å²) in [5, 5.41) is 3.22. The van der Waals surface area contributed by atoms with Crippen LogP contribution in [0, 0.1) is 0 Å². The topological polar surface area (TPSA) is 62.7 Å². The summed E-state index contributed by atoms with van der Waals surface area (Å²) in [7, 11) is 0. The third-order valence-electron chi connectivity index (χ3n) is 2.28. The lowest BCUT2D eigenvalue weighted by Crippen LogP contribution is -2.35. The highest BCUT2D eigenvalue weighted by atomic mass is 35.5. The lowest BCUT2D eigenvalue weighted by Gasteiger charge is -2.19. The Balaban J connectivity index is 2.90. The summed E-state index contributed by atoms with van der Waals surface area (Å²) in [6, 6.07) is -4.02. The van der Waals surface area contributed by atoms with E-state index in [2.05, 4.69) is 15.0 Å². The van der Waals surface area contributed by atoms with E-state index in [9.17, 15) is 26.3 Å². The highest BCUT2D eigenvalue weighted by molar-refractivity contribution is 6.28. The summed E-state index contributed by atoms with van der Waals surface area (Å²) in [6.45, 7) is 1.59. The van der Waals surface area contributed by atoms with Gasteiger partial charge in [0.15, 0.2) is 0 Å². The molecule has 21 heavy (non-hydrogen) atoms. The summed E-state index contributed by atoms with van der Waals surface area (Å²) in [5.41, 5.74) is 0. The number of nitrogens with zero attached hydrogens (tertiary/aromatic N) is 3. The van der Waals surface area contributed by atoms with Crippen LogP contribution in [0.15, 0.2) is 0 Å². The first kappa shape index (κ1) is 17.5. The van der Waals surface area contributed by atoms with Gasteiger partial charge in [-0.1, -0.05) is 0 Å². The summed E-state index contributed by atoms with van der Waals surface area (Å²) < 4.78 is 74.2. The molecule has 0 radical (unpaired) electrons. The van der Waals surface area contributed by atoms with E-state index in [1.165, 1.54) is 0 Å². The van der Waals surface area contributed by atoms with E-state index in [1.807, 2.05) is 10.6 Å². The van der Waals surface area contributed by atoms with Gasteiger partial charge in [-0.3, -0.25) is 0 Å². The Morgan fingerprint density at radius 3 is 1.43 bits per heavy atom. The SMILES string of the molecule is C[C@@H](Nc1nc(Cl)nc(N[C@H](C)C(F)(F)F)n1)C(F)(F)F. The smallest absolute Gasteiger partial charge is 0.343 e. The molecule has 120 valence electrons. The van der Waals surface area contributed by atoms with E-state index in [0.29, 0.717) is 0 Å². The third kappa shape index (κ3) is 5.40. The lowest BCUT2D eigenvalue weighted by molar-refractivity contribution is -0.139. The average Bonchev–Trinajstić information content (AvgIpc) is 2.25. The van der Waals surface area contributed by atoms with Crippen LogP contribution in [0.3, 0.4) is 0 Å². The van der Waals surface area contributed by atoms with E-state index in [1.54, 1.807) is 0 Å². The Labute approximate surface area is 120 Å². The molecule has 0 aromatic carbocycles. The van der Waals surface area contributed by atoms with Crippen LogP contribution in [0.2, 0.25) is 5.28 Å². The molecular weight excluding hydrogens is 328 g/mol. The molecule has 1 aromatic rings. The van der Waals surface area contributed by atoms with Gasteiger partial charge in [0.2, 0.25) is 17.2 Å². The predicted octanol–water partition coefficient (Wildman–Crippen LogP) is 3.25. The second-order valence-electron chi connectivity index (χ2n) is 4.07. The van der Waals surface area contributed by atoms with Crippen LogP contribution in [0.5, 0.6) is 0 Å².